The summed E-state index contributed by atoms with van der Waals surface area (Å²) < 4.78 is 39.6. The largest absolute Gasteiger partial charge is 0.472 e. The second-order valence-corrected chi connectivity index (χ2v) is 21.6. The van der Waals surface area contributed by atoms with Crippen LogP contribution < -0.4 is 0 Å². The van der Waals surface area contributed by atoms with Gasteiger partial charge in [0.1, 0.15) is 12.7 Å². The van der Waals surface area contributed by atoms with E-state index in [4.69, 9.17) is 23.3 Å². The van der Waals surface area contributed by atoms with Gasteiger partial charge in [0.15, 0.2) is 6.10 Å². The Kier molecular flexibility index (Phi) is 54.2. The Hall–Kier alpha value is -2.82. The van der Waals surface area contributed by atoms with E-state index in [1.165, 1.54) is 96.3 Å². The van der Waals surface area contributed by atoms with Gasteiger partial charge >= 0.3 is 25.7 Å². The molecule has 0 radical (unpaired) electrons. The molecule has 0 aromatic heterocycles. The van der Waals surface area contributed by atoms with Crippen molar-refractivity contribution in [3.63, 3.8) is 0 Å². The first-order valence-electron chi connectivity index (χ1n) is 30.2. The zero-order valence-corrected chi connectivity index (χ0v) is 48.5. The van der Waals surface area contributed by atoms with Gasteiger partial charge in [-0.15, -0.1) is 0 Å². The van der Waals surface area contributed by atoms with Crippen molar-refractivity contribution >= 4 is 25.7 Å². The molecule has 0 saturated heterocycles. The normalized spacial score (nSPS) is 13.7. The Morgan fingerprint density at radius 2 is 0.730 bits per heavy atom. The van der Waals surface area contributed by atoms with Gasteiger partial charge in [-0.25, -0.2) is 4.57 Å². The highest BCUT2D eigenvalue weighted by Crippen LogP contribution is 2.43. The van der Waals surface area contributed by atoms with E-state index < -0.39 is 57.8 Å². The fourth-order valence-electron chi connectivity index (χ4n) is 8.35. The lowest BCUT2D eigenvalue weighted by molar-refractivity contribution is -0.161. The van der Waals surface area contributed by atoms with Gasteiger partial charge in [-0.05, 0) is 77.0 Å². The van der Waals surface area contributed by atoms with Crippen molar-refractivity contribution in [1.29, 1.82) is 0 Å². The molecule has 0 aliphatic carbocycles. The number of ether oxygens (including phenoxy) is 3. The van der Waals surface area contributed by atoms with Crippen LogP contribution in [0.15, 0.2) is 60.8 Å². The lowest BCUT2D eigenvalue weighted by Crippen LogP contribution is -2.30. The summed E-state index contributed by atoms with van der Waals surface area (Å²) in [5, 5.41) is 9.81. The predicted molar refractivity (Wildman–Crippen MR) is 307 cm³/mol. The number of carbonyl (C=O) groups excluding carboxylic acids is 3. The second kappa shape index (κ2) is 56.4. The van der Waals surface area contributed by atoms with Gasteiger partial charge in [-0.1, -0.05) is 242 Å². The number of carbonyl (C=O) groups is 3. The van der Waals surface area contributed by atoms with Crippen molar-refractivity contribution < 1.29 is 52.2 Å². The number of phosphoric acid groups is 1. The molecule has 0 aromatic carbocycles. The molecule has 0 aliphatic rings. The summed E-state index contributed by atoms with van der Waals surface area (Å²) in [5.74, 6) is -1.48. The van der Waals surface area contributed by atoms with Crippen molar-refractivity contribution in [2.24, 2.45) is 0 Å². The predicted octanol–water partition coefficient (Wildman–Crippen LogP) is 17.9. The number of aliphatic hydroxyl groups is 1. The number of phosphoric ester groups is 1. The molecular weight excluding hydrogens is 952 g/mol. The Balaban J connectivity index is 4.72. The maximum Gasteiger partial charge on any atom is 0.472 e. The number of aliphatic hydroxyl groups excluding tert-OH is 1. The minimum absolute atomic E-state index is 0.156. The maximum atomic E-state index is 12.9. The highest BCUT2D eigenvalue weighted by Gasteiger charge is 2.28. The molecule has 74 heavy (non-hydrogen) atoms. The molecule has 12 heteroatoms. The molecule has 0 saturated carbocycles. The van der Waals surface area contributed by atoms with Crippen molar-refractivity contribution in [3.8, 4) is 0 Å². The van der Waals surface area contributed by atoms with Crippen molar-refractivity contribution in [2.75, 3.05) is 26.4 Å². The SMILES string of the molecule is CC/C=C\C/C=C\C/C=C\CCCCCCCCCC(=O)OC(COC(=O)CCCCCCCCCCCCCCCCCCC)COP(=O)(O)OCC(CO)OC(=O)CCCCCCC/C=C\C/C=C\CCC. The summed E-state index contributed by atoms with van der Waals surface area (Å²) in [4.78, 5) is 48.6. The fraction of sp³-hybridized carbons (Fsp3) is 0.790. The Bertz CT molecular complexity index is 1470. The van der Waals surface area contributed by atoms with Crippen molar-refractivity contribution in [2.45, 2.75) is 290 Å². The molecular formula is C62H111O11P. The molecule has 0 heterocycles. The number of esters is 3. The van der Waals surface area contributed by atoms with Crippen LogP contribution in [0.3, 0.4) is 0 Å². The number of unbranched alkanes of at least 4 members (excludes halogenated alkanes) is 29. The van der Waals surface area contributed by atoms with Crippen LogP contribution in [0.4, 0.5) is 0 Å². The van der Waals surface area contributed by atoms with Crippen LogP contribution in [0.1, 0.15) is 278 Å². The third-order valence-electron chi connectivity index (χ3n) is 12.9. The first-order valence-corrected chi connectivity index (χ1v) is 31.7. The van der Waals surface area contributed by atoms with E-state index in [9.17, 15) is 28.9 Å². The quantitative estimate of drug-likeness (QED) is 0.0197. The van der Waals surface area contributed by atoms with Gasteiger partial charge in [0, 0.05) is 19.3 Å². The zero-order chi connectivity index (χ0) is 54.1. The van der Waals surface area contributed by atoms with Crippen molar-refractivity contribution in [3.05, 3.63) is 60.8 Å². The van der Waals surface area contributed by atoms with Crippen LogP contribution in [0.2, 0.25) is 0 Å². The van der Waals surface area contributed by atoms with Crippen LogP contribution >= 0.6 is 7.82 Å². The lowest BCUT2D eigenvalue weighted by atomic mass is 10.0. The topological polar surface area (TPSA) is 155 Å². The van der Waals surface area contributed by atoms with E-state index in [1.807, 2.05) is 0 Å². The average molecular weight is 1060 g/mol. The zero-order valence-electron chi connectivity index (χ0n) is 47.6. The molecule has 3 atom stereocenters. The van der Waals surface area contributed by atoms with E-state index >= 15 is 0 Å². The summed E-state index contributed by atoms with van der Waals surface area (Å²) in [6.45, 7) is 4.48. The summed E-state index contributed by atoms with van der Waals surface area (Å²) >= 11 is 0. The van der Waals surface area contributed by atoms with Gasteiger partial charge in [0.2, 0.25) is 0 Å². The van der Waals surface area contributed by atoms with E-state index in [-0.39, 0.29) is 25.9 Å². The molecule has 0 amide bonds. The van der Waals surface area contributed by atoms with Gasteiger partial charge < -0.3 is 24.2 Å². The van der Waals surface area contributed by atoms with Gasteiger partial charge in [0.25, 0.3) is 0 Å². The summed E-state index contributed by atoms with van der Waals surface area (Å²) in [6.07, 6.45) is 61.7. The van der Waals surface area contributed by atoms with E-state index in [0.717, 1.165) is 122 Å². The first kappa shape index (κ1) is 71.2. The Labute approximate surface area is 453 Å². The third kappa shape index (κ3) is 54.0. The van der Waals surface area contributed by atoms with Crippen LogP contribution in [0.5, 0.6) is 0 Å². The molecule has 430 valence electrons. The van der Waals surface area contributed by atoms with E-state index in [2.05, 4.69) is 81.5 Å². The molecule has 11 nitrogen and oxygen atoms in total. The molecule has 3 unspecified atom stereocenters. The standard InChI is InChI=1S/C62H111O11P/c1-4-7-10-13-16-19-22-25-27-29-31-34-36-39-42-45-48-51-60(64)69-55-59(73-62(66)53-50-47-44-41-38-35-32-30-28-26-23-20-17-14-11-8-5-2)57-71-74(67,68)70-56-58(54-63)72-61(65)52-49-46-43-40-37-33-24-21-18-15-12-9-6-3/h8,11-12,15,17,20-21,24,26,28,58-59,63H,4-7,9-10,13-14,16,18-19,22-23,25,27,29-57H2,1-3H3,(H,67,68)/b11-8-,15-12-,20-17-,24-21-,28-26-. The number of hydrogen-bond acceptors (Lipinski definition) is 10. The summed E-state index contributed by atoms with van der Waals surface area (Å²) in [6, 6.07) is 0. The van der Waals surface area contributed by atoms with Crippen LogP contribution in [0, 0.1) is 0 Å². The van der Waals surface area contributed by atoms with E-state index in [1.54, 1.807) is 0 Å². The maximum absolute atomic E-state index is 12.9. The summed E-state index contributed by atoms with van der Waals surface area (Å²) in [5.41, 5.74) is 0. The van der Waals surface area contributed by atoms with Gasteiger partial charge in [-0.2, -0.15) is 0 Å². The molecule has 0 bridgehead atoms. The monoisotopic (exact) mass is 1060 g/mol. The number of allylic oxidation sites excluding steroid dienone is 10. The van der Waals surface area contributed by atoms with Crippen LogP contribution in [-0.2, 0) is 42.2 Å². The Morgan fingerprint density at radius 1 is 0.392 bits per heavy atom. The molecule has 2 N–H and O–H groups in total. The minimum Gasteiger partial charge on any atom is -0.462 e. The Morgan fingerprint density at radius 3 is 1.14 bits per heavy atom. The van der Waals surface area contributed by atoms with Crippen LogP contribution in [0.25, 0.3) is 0 Å². The minimum atomic E-state index is -4.75. The highest BCUT2D eigenvalue weighted by atomic mass is 31.2. The smallest absolute Gasteiger partial charge is 0.462 e. The average Bonchev–Trinajstić information content (AvgIpc) is 3.39. The number of rotatable bonds is 56. The van der Waals surface area contributed by atoms with Gasteiger partial charge in [0.05, 0.1) is 19.8 Å². The number of hydrogen-bond donors (Lipinski definition) is 2. The molecule has 0 aromatic rings. The second-order valence-electron chi connectivity index (χ2n) is 20.1. The third-order valence-corrected chi connectivity index (χ3v) is 13.9. The molecule has 0 aliphatic heterocycles. The molecule has 0 fully saturated rings. The molecule has 0 spiro atoms. The van der Waals surface area contributed by atoms with Gasteiger partial charge in [-0.3, -0.25) is 23.4 Å². The highest BCUT2D eigenvalue weighted by molar-refractivity contribution is 7.47. The molecule has 0 rings (SSSR count). The van der Waals surface area contributed by atoms with E-state index in [0.29, 0.717) is 19.3 Å². The lowest BCUT2D eigenvalue weighted by Gasteiger charge is -2.21. The fourth-order valence-corrected chi connectivity index (χ4v) is 9.14. The van der Waals surface area contributed by atoms with Crippen LogP contribution in [-0.4, -0.2) is 66.5 Å². The van der Waals surface area contributed by atoms with Crippen molar-refractivity contribution in [1.82, 2.24) is 0 Å². The summed E-state index contributed by atoms with van der Waals surface area (Å²) in [7, 11) is -4.75. The first-order chi connectivity index (χ1) is 36.2.